The second-order valence-electron chi connectivity index (χ2n) is 4.11. The van der Waals surface area contributed by atoms with Crippen LogP contribution in [0.4, 0.5) is 5.82 Å². The maximum Gasteiger partial charge on any atom is 0.159 e. The third-order valence-corrected chi connectivity index (χ3v) is 3.89. The number of aromatic nitrogens is 2. The lowest BCUT2D eigenvalue weighted by atomic mass is 10.2. The fraction of sp³-hybridized carbons (Fsp3) is 0.692. The number of hydrogen-bond acceptors (Lipinski definition) is 4. The number of hydrogen-bond donors (Lipinski definition) is 1. The lowest BCUT2D eigenvalue weighted by molar-refractivity contribution is 0.0534. The number of halogens is 1. The molecule has 0 spiro atoms. The Morgan fingerprint density at radius 1 is 1.28 bits per heavy atom. The Morgan fingerprint density at radius 2 is 2.00 bits per heavy atom. The number of nitrogens with zero attached hydrogens (tertiary/aromatic N) is 2. The average molecular weight is 363 g/mol. The predicted octanol–water partition coefficient (Wildman–Crippen LogP) is 3.70. The Morgan fingerprint density at radius 3 is 2.56 bits per heavy atom. The summed E-state index contributed by atoms with van der Waals surface area (Å²) < 4.78 is 6.77. The van der Waals surface area contributed by atoms with Gasteiger partial charge in [-0.15, -0.1) is 0 Å². The number of nitrogens with one attached hydrogen (secondary N) is 1. The van der Waals surface area contributed by atoms with Crippen LogP contribution in [0.5, 0.6) is 0 Å². The van der Waals surface area contributed by atoms with Crippen molar-refractivity contribution in [1.29, 1.82) is 0 Å². The highest BCUT2D eigenvalue weighted by Crippen LogP contribution is 2.24. The molecule has 1 aromatic rings. The lowest BCUT2D eigenvalue weighted by Crippen LogP contribution is -2.13. The van der Waals surface area contributed by atoms with E-state index in [1.165, 1.54) is 0 Å². The fourth-order valence-corrected chi connectivity index (χ4v) is 2.09. The summed E-state index contributed by atoms with van der Waals surface area (Å²) in [6, 6.07) is 0. The van der Waals surface area contributed by atoms with Gasteiger partial charge in [0, 0.05) is 13.2 Å². The van der Waals surface area contributed by atoms with Gasteiger partial charge in [-0.1, -0.05) is 13.8 Å². The van der Waals surface area contributed by atoms with Crippen LogP contribution in [-0.2, 0) is 4.74 Å². The molecule has 1 atom stereocenters. The zero-order valence-corrected chi connectivity index (χ0v) is 13.7. The second kappa shape index (κ2) is 7.89. The second-order valence-corrected chi connectivity index (χ2v) is 5.19. The molecular weight excluding hydrogens is 341 g/mol. The minimum absolute atomic E-state index is 0.00660. The highest BCUT2D eigenvalue weighted by Gasteiger charge is 2.16. The van der Waals surface area contributed by atoms with Gasteiger partial charge in [-0.25, -0.2) is 9.97 Å². The van der Waals surface area contributed by atoms with Crippen molar-refractivity contribution < 1.29 is 4.74 Å². The Bertz CT molecular complexity index is 385. The van der Waals surface area contributed by atoms with Crippen molar-refractivity contribution in [1.82, 2.24) is 9.97 Å². The van der Waals surface area contributed by atoms with Crippen LogP contribution < -0.4 is 5.32 Å². The summed E-state index contributed by atoms with van der Waals surface area (Å²) in [5.41, 5.74) is 1.01. The summed E-state index contributed by atoms with van der Waals surface area (Å²) in [7, 11) is 0. The fourth-order valence-electron chi connectivity index (χ4n) is 1.66. The van der Waals surface area contributed by atoms with Gasteiger partial charge in [-0.3, -0.25) is 0 Å². The summed E-state index contributed by atoms with van der Waals surface area (Å²) in [5.74, 6) is 1.72. The zero-order valence-electron chi connectivity index (χ0n) is 11.6. The van der Waals surface area contributed by atoms with E-state index in [1.807, 2.05) is 13.8 Å². The van der Waals surface area contributed by atoms with Crippen LogP contribution in [0.1, 0.15) is 51.2 Å². The molecule has 1 N–H and O–H groups in total. The van der Waals surface area contributed by atoms with Crippen molar-refractivity contribution in [3.05, 3.63) is 15.1 Å². The number of anilines is 1. The maximum absolute atomic E-state index is 5.68. The van der Waals surface area contributed by atoms with Crippen molar-refractivity contribution in [3.63, 3.8) is 0 Å². The van der Waals surface area contributed by atoms with E-state index in [9.17, 15) is 0 Å². The Balaban J connectivity index is 3.01. The minimum Gasteiger partial charge on any atom is -0.371 e. The van der Waals surface area contributed by atoms with Gasteiger partial charge in [-0.2, -0.15) is 0 Å². The summed E-state index contributed by atoms with van der Waals surface area (Å²) in [4.78, 5) is 9.15. The molecule has 0 amide bonds. The molecule has 0 saturated carbocycles. The van der Waals surface area contributed by atoms with Gasteiger partial charge in [0.25, 0.3) is 0 Å². The van der Waals surface area contributed by atoms with Crippen LogP contribution in [0.3, 0.4) is 0 Å². The number of rotatable bonds is 7. The van der Waals surface area contributed by atoms with Gasteiger partial charge in [-0.05, 0) is 49.3 Å². The van der Waals surface area contributed by atoms with Crippen molar-refractivity contribution in [2.45, 2.75) is 46.6 Å². The molecule has 0 fully saturated rings. The van der Waals surface area contributed by atoms with Crippen LogP contribution in [0.15, 0.2) is 0 Å². The van der Waals surface area contributed by atoms with E-state index in [4.69, 9.17) is 4.74 Å². The molecule has 18 heavy (non-hydrogen) atoms. The van der Waals surface area contributed by atoms with Crippen LogP contribution in [0.2, 0.25) is 0 Å². The highest BCUT2D eigenvalue weighted by molar-refractivity contribution is 14.1. The third-order valence-electron chi connectivity index (χ3n) is 2.60. The lowest BCUT2D eigenvalue weighted by Gasteiger charge is -2.16. The first-order valence-electron chi connectivity index (χ1n) is 6.53. The molecule has 0 saturated heterocycles. The molecule has 0 bridgehead atoms. The topological polar surface area (TPSA) is 47.0 Å². The standard InChI is InChI=1S/C13H22IN3O/c1-5-8-15-13-11(14)9(4)16-12(17-13)10(6-2)18-7-3/h10H,5-8H2,1-4H3,(H,15,16,17). The first-order chi connectivity index (χ1) is 8.63. The quantitative estimate of drug-likeness (QED) is 0.751. The third kappa shape index (κ3) is 4.05. The Hall–Kier alpha value is -0.430. The van der Waals surface area contributed by atoms with Crippen LogP contribution in [0, 0.1) is 10.5 Å². The van der Waals surface area contributed by atoms with E-state index in [0.29, 0.717) is 6.61 Å². The van der Waals surface area contributed by atoms with Crippen LogP contribution in [0.25, 0.3) is 0 Å². The van der Waals surface area contributed by atoms with E-state index in [2.05, 4.69) is 51.7 Å². The first kappa shape index (κ1) is 15.6. The average Bonchev–Trinajstić information content (AvgIpc) is 2.37. The monoisotopic (exact) mass is 363 g/mol. The Labute approximate surface area is 123 Å². The Kier molecular flexibility index (Phi) is 6.85. The van der Waals surface area contributed by atoms with E-state index >= 15 is 0 Å². The smallest absolute Gasteiger partial charge is 0.159 e. The van der Waals surface area contributed by atoms with Gasteiger partial charge >= 0.3 is 0 Å². The predicted molar refractivity (Wildman–Crippen MR) is 82.9 cm³/mol. The highest BCUT2D eigenvalue weighted by atomic mass is 127. The molecule has 0 aliphatic rings. The van der Waals surface area contributed by atoms with Crippen molar-refractivity contribution >= 4 is 28.4 Å². The molecule has 4 nitrogen and oxygen atoms in total. The summed E-state index contributed by atoms with van der Waals surface area (Å²) in [6.45, 7) is 9.86. The SMILES string of the molecule is CCCNc1nc(C(CC)OCC)nc(C)c1I. The molecule has 1 aromatic heterocycles. The summed E-state index contributed by atoms with van der Waals surface area (Å²) in [5, 5.41) is 3.35. The van der Waals surface area contributed by atoms with Crippen molar-refractivity contribution in [2.75, 3.05) is 18.5 Å². The van der Waals surface area contributed by atoms with E-state index in [-0.39, 0.29) is 6.10 Å². The molecule has 1 heterocycles. The van der Waals surface area contributed by atoms with E-state index in [1.54, 1.807) is 0 Å². The molecule has 0 aromatic carbocycles. The maximum atomic E-state index is 5.68. The number of ether oxygens (including phenoxy) is 1. The molecule has 102 valence electrons. The molecule has 0 radical (unpaired) electrons. The summed E-state index contributed by atoms with van der Waals surface area (Å²) in [6.07, 6.45) is 1.96. The molecule has 0 aliphatic carbocycles. The summed E-state index contributed by atoms with van der Waals surface area (Å²) >= 11 is 2.29. The largest absolute Gasteiger partial charge is 0.371 e. The molecule has 1 rings (SSSR count). The van der Waals surface area contributed by atoms with Crippen molar-refractivity contribution in [2.24, 2.45) is 0 Å². The van der Waals surface area contributed by atoms with Gasteiger partial charge in [0.15, 0.2) is 5.82 Å². The molecule has 1 unspecified atom stereocenters. The van der Waals surface area contributed by atoms with Crippen LogP contribution in [-0.4, -0.2) is 23.1 Å². The van der Waals surface area contributed by atoms with Gasteiger partial charge in [0.2, 0.25) is 0 Å². The zero-order chi connectivity index (χ0) is 13.5. The van der Waals surface area contributed by atoms with Crippen molar-refractivity contribution in [3.8, 4) is 0 Å². The van der Waals surface area contributed by atoms with E-state index in [0.717, 1.165) is 40.3 Å². The van der Waals surface area contributed by atoms with Gasteiger partial charge < -0.3 is 10.1 Å². The van der Waals surface area contributed by atoms with E-state index < -0.39 is 0 Å². The minimum atomic E-state index is -0.00660. The molecule has 5 heteroatoms. The van der Waals surface area contributed by atoms with Gasteiger partial charge in [0.1, 0.15) is 11.9 Å². The first-order valence-corrected chi connectivity index (χ1v) is 7.61. The van der Waals surface area contributed by atoms with Gasteiger partial charge in [0.05, 0.1) is 9.26 Å². The molecular formula is C13H22IN3O. The van der Waals surface area contributed by atoms with Crippen LogP contribution >= 0.6 is 22.6 Å². The molecule has 0 aliphatic heterocycles. The normalized spacial score (nSPS) is 12.5. The number of aryl methyl sites for hydroxylation is 1.